The SMILES string of the molecule is CC1Cc2ccccc2N1C(=O)NCC1CC(=O)Nc2ccccc21. The van der Waals surface area contributed by atoms with E-state index in [4.69, 9.17) is 0 Å². The quantitative estimate of drug-likeness (QED) is 0.885. The van der Waals surface area contributed by atoms with Crippen molar-refractivity contribution in [3.05, 3.63) is 59.7 Å². The first-order valence-corrected chi connectivity index (χ1v) is 8.67. The van der Waals surface area contributed by atoms with Crippen molar-refractivity contribution in [2.24, 2.45) is 0 Å². The fourth-order valence-corrected chi connectivity index (χ4v) is 3.85. The van der Waals surface area contributed by atoms with Gasteiger partial charge in [0.1, 0.15) is 0 Å². The lowest BCUT2D eigenvalue weighted by molar-refractivity contribution is -0.116. The lowest BCUT2D eigenvalue weighted by Gasteiger charge is -2.28. The Bertz CT molecular complexity index is 833. The van der Waals surface area contributed by atoms with E-state index in [-0.39, 0.29) is 23.9 Å². The van der Waals surface area contributed by atoms with Gasteiger partial charge >= 0.3 is 6.03 Å². The van der Waals surface area contributed by atoms with Crippen molar-refractivity contribution in [2.45, 2.75) is 31.7 Å². The fourth-order valence-electron chi connectivity index (χ4n) is 3.85. The highest BCUT2D eigenvalue weighted by Crippen LogP contribution is 2.33. The van der Waals surface area contributed by atoms with E-state index in [1.165, 1.54) is 5.56 Å². The Labute approximate surface area is 147 Å². The third kappa shape index (κ3) is 2.86. The molecule has 0 saturated heterocycles. The first kappa shape index (κ1) is 15.7. The molecule has 0 aliphatic carbocycles. The van der Waals surface area contributed by atoms with Gasteiger partial charge in [-0.05, 0) is 36.6 Å². The van der Waals surface area contributed by atoms with Gasteiger partial charge in [-0.15, -0.1) is 0 Å². The Balaban J connectivity index is 1.49. The fraction of sp³-hybridized carbons (Fsp3) is 0.300. The molecule has 2 aliphatic rings. The summed E-state index contributed by atoms with van der Waals surface area (Å²) >= 11 is 0. The van der Waals surface area contributed by atoms with E-state index in [2.05, 4.69) is 23.6 Å². The number of hydrogen-bond donors (Lipinski definition) is 2. The number of carbonyl (C=O) groups is 2. The van der Waals surface area contributed by atoms with E-state index < -0.39 is 0 Å². The van der Waals surface area contributed by atoms with Crippen LogP contribution >= 0.6 is 0 Å². The van der Waals surface area contributed by atoms with Gasteiger partial charge in [0.2, 0.25) is 5.91 Å². The van der Waals surface area contributed by atoms with E-state index in [0.717, 1.165) is 23.4 Å². The van der Waals surface area contributed by atoms with Crippen molar-refractivity contribution in [3.8, 4) is 0 Å². The van der Waals surface area contributed by atoms with E-state index in [0.29, 0.717) is 13.0 Å². The van der Waals surface area contributed by atoms with Crippen LogP contribution in [0.25, 0.3) is 0 Å². The minimum absolute atomic E-state index is 0.00190. The van der Waals surface area contributed by atoms with E-state index in [9.17, 15) is 9.59 Å². The molecule has 4 rings (SSSR count). The standard InChI is InChI=1S/C20H21N3O2/c1-13-10-14-6-2-5-9-18(14)23(13)20(25)21-12-15-11-19(24)22-17-8-4-3-7-16(15)17/h2-9,13,15H,10-12H2,1H3,(H,21,25)(H,22,24). The number of fused-ring (bicyclic) bond motifs is 2. The largest absolute Gasteiger partial charge is 0.337 e. The maximum absolute atomic E-state index is 12.8. The summed E-state index contributed by atoms with van der Waals surface area (Å²) in [5.41, 5.74) is 4.11. The molecule has 0 aromatic heterocycles. The van der Waals surface area contributed by atoms with Crippen molar-refractivity contribution in [1.29, 1.82) is 0 Å². The molecule has 2 aromatic carbocycles. The Morgan fingerprint density at radius 3 is 2.80 bits per heavy atom. The number of urea groups is 1. The minimum atomic E-state index is -0.0964. The van der Waals surface area contributed by atoms with Crippen LogP contribution in [0.3, 0.4) is 0 Å². The number of benzene rings is 2. The average molecular weight is 335 g/mol. The number of hydrogen-bond acceptors (Lipinski definition) is 2. The number of nitrogens with zero attached hydrogens (tertiary/aromatic N) is 1. The summed E-state index contributed by atoms with van der Waals surface area (Å²) in [4.78, 5) is 26.5. The number of amides is 3. The van der Waals surface area contributed by atoms with Crippen LogP contribution in [-0.2, 0) is 11.2 Å². The van der Waals surface area contributed by atoms with Crippen LogP contribution in [0, 0.1) is 0 Å². The van der Waals surface area contributed by atoms with Crippen LogP contribution in [-0.4, -0.2) is 24.5 Å². The summed E-state index contributed by atoms with van der Waals surface area (Å²) in [7, 11) is 0. The zero-order valence-electron chi connectivity index (χ0n) is 14.2. The smallest absolute Gasteiger partial charge is 0.322 e. The van der Waals surface area contributed by atoms with Crippen LogP contribution in [0.2, 0.25) is 0 Å². The summed E-state index contributed by atoms with van der Waals surface area (Å²) < 4.78 is 0. The first-order valence-electron chi connectivity index (χ1n) is 8.67. The normalized spacial score (nSPS) is 21.3. The molecule has 2 N–H and O–H groups in total. The highest BCUT2D eigenvalue weighted by atomic mass is 16.2. The molecule has 2 aromatic rings. The molecule has 0 spiro atoms. The lowest BCUT2D eigenvalue weighted by atomic mass is 9.90. The lowest BCUT2D eigenvalue weighted by Crippen LogP contribution is -2.45. The average Bonchev–Trinajstić information content (AvgIpc) is 2.95. The van der Waals surface area contributed by atoms with Gasteiger partial charge in [-0.1, -0.05) is 36.4 Å². The molecule has 128 valence electrons. The maximum Gasteiger partial charge on any atom is 0.322 e. The van der Waals surface area contributed by atoms with Crippen molar-refractivity contribution in [3.63, 3.8) is 0 Å². The molecule has 5 nitrogen and oxygen atoms in total. The zero-order chi connectivity index (χ0) is 17.4. The minimum Gasteiger partial charge on any atom is -0.337 e. The van der Waals surface area contributed by atoms with Gasteiger partial charge in [0, 0.05) is 36.3 Å². The number of anilines is 2. The number of para-hydroxylation sites is 2. The van der Waals surface area contributed by atoms with Gasteiger partial charge in [-0.2, -0.15) is 0 Å². The molecule has 2 aliphatic heterocycles. The van der Waals surface area contributed by atoms with Gasteiger partial charge < -0.3 is 10.6 Å². The number of nitrogens with one attached hydrogen (secondary N) is 2. The topological polar surface area (TPSA) is 61.4 Å². The van der Waals surface area contributed by atoms with E-state index in [1.54, 1.807) is 0 Å². The van der Waals surface area contributed by atoms with Crippen molar-refractivity contribution >= 4 is 23.3 Å². The predicted molar refractivity (Wildman–Crippen MR) is 97.9 cm³/mol. The number of rotatable bonds is 2. The van der Waals surface area contributed by atoms with Crippen LogP contribution in [0.5, 0.6) is 0 Å². The summed E-state index contributed by atoms with van der Waals surface area (Å²) in [5, 5.41) is 5.92. The molecule has 2 heterocycles. The Hall–Kier alpha value is -2.82. The van der Waals surface area contributed by atoms with Crippen LogP contribution < -0.4 is 15.5 Å². The van der Waals surface area contributed by atoms with Crippen LogP contribution in [0.1, 0.15) is 30.4 Å². The number of carbonyl (C=O) groups excluding carboxylic acids is 2. The Kier molecular flexibility index (Phi) is 3.92. The second-order valence-corrected chi connectivity index (χ2v) is 6.77. The van der Waals surface area contributed by atoms with Crippen molar-refractivity contribution < 1.29 is 9.59 Å². The first-order chi connectivity index (χ1) is 12.1. The zero-order valence-corrected chi connectivity index (χ0v) is 14.2. The second-order valence-electron chi connectivity index (χ2n) is 6.77. The highest BCUT2D eigenvalue weighted by Gasteiger charge is 2.31. The summed E-state index contributed by atoms with van der Waals surface area (Å²) in [6.45, 7) is 2.51. The molecule has 2 atom stereocenters. The predicted octanol–water partition coefficient (Wildman–Crippen LogP) is 3.27. The van der Waals surface area contributed by atoms with Gasteiger partial charge in [0.15, 0.2) is 0 Å². The second kappa shape index (κ2) is 6.24. The summed E-state index contributed by atoms with van der Waals surface area (Å²) in [6.07, 6.45) is 1.27. The van der Waals surface area contributed by atoms with Crippen molar-refractivity contribution in [2.75, 3.05) is 16.8 Å². The van der Waals surface area contributed by atoms with E-state index >= 15 is 0 Å². The summed E-state index contributed by atoms with van der Waals surface area (Å²) in [6, 6.07) is 15.8. The molecule has 0 bridgehead atoms. The molecular formula is C20H21N3O2. The van der Waals surface area contributed by atoms with Crippen molar-refractivity contribution in [1.82, 2.24) is 5.32 Å². The van der Waals surface area contributed by atoms with Gasteiger partial charge in [0.05, 0.1) is 0 Å². The van der Waals surface area contributed by atoms with Gasteiger partial charge in [-0.3, -0.25) is 9.69 Å². The van der Waals surface area contributed by atoms with Crippen LogP contribution in [0.15, 0.2) is 48.5 Å². The maximum atomic E-state index is 12.8. The molecule has 5 heteroatoms. The van der Waals surface area contributed by atoms with E-state index in [1.807, 2.05) is 47.4 Å². The Morgan fingerprint density at radius 2 is 1.92 bits per heavy atom. The van der Waals surface area contributed by atoms with Gasteiger partial charge in [0.25, 0.3) is 0 Å². The molecular weight excluding hydrogens is 314 g/mol. The molecule has 2 unspecified atom stereocenters. The molecule has 25 heavy (non-hydrogen) atoms. The summed E-state index contributed by atoms with van der Waals surface area (Å²) in [5.74, 6) is -0.000104. The third-order valence-corrected chi connectivity index (χ3v) is 5.03. The Morgan fingerprint density at radius 1 is 1.16 bits per heavy atom. The monoisotopic (exact) mass is 335 g/mol. The van der Waals surface area contributed by atoms with Crippen LogP contribution in [0.4, 0.5) is 16.2 Å². The molecule has 0 radical (unpaired) electrons. The molecule has 3 amide bonds. The molecule has 0 fully saturated rings. The third-order valence-electron chi connectivity index (χ3n) is 5.03. The van der Waals surface area contributed by atoms with Gasteiger partial charge in [-0.25, -0.2) is 4.79 Å². The molecule has 0 saturated carbocycles. The highest BCUT2D eigenvalue weighted by molar-refractivity contribution is 5.96.